The van der Waals surface area contributed by atoms with Crippen molar-refractivity contribution in [2.24, 2.45) is 11.8 Å². The number of pyridine rings is 1. The molecule has 2 atom stereocenters. The van der Waals surface area contributed by atoms with E-state index in [0.717, 1.165) is 24.3 Å². The summed E-state index contributed by atoms with van der Waals surface area (Å²) >= 11 is 1.40. The van der Waals surface area contributed by atoms with Gasteiger partial charge in [0.15, 0.2) is 11.0 Å². The van der Waals surface area contributed by atoms with Gasteiger partial charge in [0.1, 0.15) is 22.8 Å². The summed E-state index contributed by atoms with van der Waals surface area (Å²) in [6.07, 6.45) is 13.1. The smallest absolute Gasteiger partial charge is 0.189 e. The average Bonchev–Trinajstić information content (AvgIpc) is 3.31. The third-order valence-electron chi connectivity index (χ3n) is 7.10. The van der Waals surface area contributed by atoms with Gasteiger partial charge in [-0.3, -0.25) is 4.98 Å². The first-order valence-electron chi connectivity index (χ1n) is 13.4. The Morgan fingerprint density at radius 1 is 1.08 bits per heavy atom. The summed E-state index contributed by atoms with van der Waals surface area (Å²) < 4.78 is 16.2. The van der Waals surface area contributed by atoms with Crippen LogP contribution in [0.4, 0.5) is 10.2 Å². The predicted molar refractivity (Wildman–Crippen MR) is 157 cm³/mol. The van der Waals surface area contributed by atoms with Crippen molar-refractivity contribution >= 4 is 39.3 Å². The van der Waals surface area contributed by atoms with E-state index in [0.29, 0.717) is 38.9 Å². The molecule has 5 nitrogen and oxygen atoms in total. The first-order chi connectivity index (χ1) is 18.6. The Kier molecular flexibility index (Phi) is 8.73. The van der Waals surface area contributed by atoms with Gasteiger partial charge in [-0.1, -0.05) is 57.5 Å². The number of anilines is 1. The highest BCUT2D eigenvalue weighted by Crippen LogP contribution is 2.41. The van der Waals surface area contributed by atoms with Crippen LogP contribution in [0.1, 0.15) is 52.5 Å². The second-order valence-corrected chi connectivity index (χ2v) is 9.98. The van der Waals surface area contributed by atoms with Crippen LogP contribution < -0.4 is 4.90 Å². The fraction of sp³-hybridized carbons (Fsp3) is 0.387. The molecule has 3 heterocycles. The van der Waals surface area contributed by atoms with Crippen LogP contribution in [-0.2, 0) is 0 Å². The van der Waals surface area contributed by atoms with E-state index in [9.17, 15) is 5.11 Å². The summed E-state index contributed by atoms with van der Waals surface area (Å²) in [6, 6.07) is 8.60. The van der Waals surface area contributed by atoms with Crippen molar-refractivity contribution in [3.63, 3.8) is 0 Å². The van der Waals surface area contributed by atoms with Crippen LogP contribution in [0.2, 0.25) is 0 Å². The zero-order valence-corrected chi connectivity index (χ0v) is 23.6. The Morgan fingerprint density at radius 2 is 1.79 bits per heavy atom. The van der Waals surface area contributed by atoms with Crippen LogP contribution in [-0.4, -0.2) is 39.4 Å². The summed E-state index contributed by atoms with van der Waals surface area (Å²) in [5.41, 5.74) is 1.43. The number of nitrogens with zero attached hydrogens (tertiary/aromatic N) is 4. The molecule has 0 radical (unpaired) electrons. The highest BCUT2D eigenvalue weighted by molar-refractivity contribution is 7.98. The second kappa shape index (κ2) is 12.0. The number of halogens is 1. The molecular weight excluding hydrogens is 495 g/mol. The van der Waals surface area contributed by atoms with E-state index in [-0.39, 0.29) is 17.0 Å². The van der Waals surface area contributed by atoms with Crippen LogP contribution in [0.25, 0.3) is 32.9 Å². The summed E-state index contributed by atoms with van der Waals surface area (Å²) in [7, 11) is 0. The largest absolute Gasteiger partial charge is 0.508 e. The van der Waals surface area contributed by atoms with Crippen LogP contribution in [0.3, 0.4) is 0 Å². The van der Waals surface area contributed by atoms with Crippen molar-refractivity contribution < 1.29 is 9.50 Å². The van der Waals surface area contributed by atoms with Gasteiger partial charge >= 0.3 is 0 Å². The van der Waals surface area contributed by atoms with E-state index < -0.39 is 5.82 Å². The normalized spacial score (nSPS) is 17.9. The van der Waals surface area contributed by atoms with Gasteiger partial charge in [-0.05, 0) is 60.9 Å². The molecule has 2 aromatic heterocycles. The van der Waals surface area contributed by atoms with Gasteiger partial charge in [0, 0.05) is 35.8 Å². The molecular formula is C31H35FN4OS. The van der Waals surface area contributed by atoms with Crippen molar-refractivity contribution in [1.82, 2.24) is 15.0 Å². The molecule has 2 fully saturated rings. The van der Waals surface area contributed by atoms with Gasteiger partial charge in [0.05, 0.1) is 5.39 Å². The molecule has 7 heteroatoms. The van der Waals surface area contributed by atoms with Crippen LogP contribution in [0.15, 0.2) is 41.7 Å². The summed E-state index contributed by atoms with van der Waals surface area (Å²) in [4.78, 5) is 16.1. The molecule has 4 aromatic rings. The maximum Gasteiger partial charge on any atom is 0.189 e. The summed E-state index contributed by atoms with van der Waals surface area (Å²) in [5, 5.41) is 12.9. The molecule has 1 saturated carbocycles. The molecule has 38 heavy (non-hydrogen) atoms. The molecule has 2 aromatic carbocycles. The first kappa shape index (κ1) is 27.7. The van der Waals surface area contributed by atoms with Gasteiger partial charge in [0.25, 0.3) is 0 Å². The zero-order chi connectivity index (χ0) is 27.4. The van der Waals surface area contributed by atoms with Gasteiger partial charge in [0.2, 0.25) is 0 Å². The molecule has 198 valence electrons. The zero-order valence-electron chi connectivity index (χ0n) is 22.8. The van der Waals surface area contributed by atoms with E-state index in [4.69, 9.17) is 11.4 Å². The monoisotopic (exact) mass is 530 g/mol. The number of hydrogen-bond acceptors (Lipinski definition) is 6. The van der Waals surface area contributed by atoms with Crippen LogP contribution in [0, 0.1) is 30.0 Å². The number of phenolic OH excluding ortho intramolecular Hbond substituents is 1. The van der Waals surface area contributed by atoms with Gasteiger partial charge < -0.3 is 10.0 Å². The number of fused-ring (bicyclic) bond motifs is 4. The van der Waals surface area contributed by atoms with Crippen molar-refractivity contribution in [2.75, 3.05) is 24.2 Å². The molecule has 2 unspecified atom stereocenters. The number of benzene rings is 2. The Bertz CT molecular complexity index is 1490. The minimum Gasteiger partial charge on any atom is -0.508 e. The molecule has 1 saturated heterocycles. The van der Waals surface area contributed by atoms with Crippen molar-refractivity contribution in [3.05, 3.63) is 47.9 Å². The highest BCUT2D eigenvalue weighted by atomic mass is 32.2. The predicted octanol–water partition coefficient (Wildman–Crippen LogP) is 7.68. The molecule has 1 N–H and O–H groups in total. The number of terminal acetylenes is 1. The number of phenols is 1. The second-order valence-electron chi connectivity index (χ2n) is 9.21. The molecule has 1 aliphatic heterocycles. The van der Waals surface area contributed by atoms with E-state index in [1.54, 1.807) is 18.3 Å². The van der Waals surface area contributed by atoms with E-state index >= 15 is 4.39 Å². The van der Waals surface area contributed by atoms with E-state index in [1.165, 1.54) is 37.1 Å². The Labute approximate surface area is 228 Å². The standard InChI is InChI=1S/C27H23FN4OS.2C2H6/c1-3-17-5-4-6-18-10-19(33)11-20(22(17)18)24-23(28)25-21(12-29-24)26(31-27(30-25)34-2)32-13-15-7-8-16(9-15)14-32;2*1-2/h1,4-6,10-12,15-16,33H,7-9,13-14H2,2H3;2*1-2H3. The van der Waals surface area contributed by atoms with E-state index in [2.05, 4.69) is 20.8 Å². The summed E-state index contributed by atoms with van der Waals surface area (Å²) in [6.45, 7) is 9.87. The summed E-state index contributed by atoms with van der Waals surface area (Å²) in [5.74, 6) is 4.25. The molecule has 2 aliphatic rings. The first-order valence-corrected chi connectivity index (χ1v) is 14.7. The Morgan fingerprint density at radius 3 is 2.45 bits per heavy atom. The topological polar surface area (TPSA) is 62.1 Å². The lowest BCUT2D eigenvalue weighted by molar-refractivity contribution is 0.419. The minimum absolute atomic E-state index is 0.0231. The number of aromatic nitrogens is 3. The van der Waals surface area contributed by atoms with Crippen molar-refractivity contribution in [3.8, 4) is 29.4 Å². The Hall–Kier alpha value is -3.37. The maximum atomic E-state index is 16.2. The third-order valence-corrected chi connectivity index (χ3v) is 7.65. The quantitative estimate of drug-likeness (QED) is 0.166. The maximum absolute atomic E-state index is 16.2. The Balaban J connectivity index is 0.000000804. The SMILES string of the molecule is C#Cc1cccc2cc(O)cc(-c3ncc4c(N5CC6CCC(C6)C5)nc(SC)nc4c3F)c12.CC.CC. The van der Waals surface area contributed by atoms with Crippen LogP contribution >= 0.6 is 11.8 Å². The molecule has 0 spiro atoms. The van der Waals surface area contributed by atoms with Gasteiger partial charge in [-0.2, -0.15) is 0 Å². The van der Waals surface area contributed by atoms with Gasteiger partial charge in [-0.25, -0.2) is 14.4 Å². The van der Waals surface area contributed by atoms with Crippen molar-refractivity contribution in [1.29, 1.82) is 0 Å². The number of aromatic hydroxyl groups is 1. The number of rotatable bonds is 3. The molecule has 0 amide bonds. The number of piperidine rings is 1. The number of thioether (sulfide) groups is 1. The fourth-order valence-corrected chi connectivity index (χ4v) is 6.00. The van der Waals surface area contributed by atoms with Crippen molar-refractivity contribution in [2.45, 2.75) is 52.1 Å². The lowest BCUT2D eigenvalue weighted by Gasteiger charge is -2.33. The molecule has 6 rings (SSSR count). The fourth-order valence-electron chi connectivity index (χ4n) is 5.64. The minimum atomic E-state index is -0.532. The third kappa shape index (κ3) is 5.02. The van der Waals surface area contributed by atoms with Gasteiger partial charge in [-0.15, -0.1) is 6.42 Å². The lowest BCUT2D eigenvalue weighted by Crippen LogP contribution is -2.37. The average molecular weight is 531 g/mol. The highest BCUT2D eigenvalue weighted by Gasteiger charge is 2.34. The molecule has 1 aliphatic carbocycles. The number of hydrogen-bond donors (Lipinski definition) is 1. The lowest BCUT2D eigenvalue weighted by atomic mass is 9.96. The molecule has 2 bridgehead atoms. The van der Waals surface area contributed by atoms with E-state index in [1.807, 2.05) is 46.1 Å². The van der Waals surface area contributed by atoms with Crippen LogP contribution in [0.5, 0.6) is 5.75 Å².